The van der Waals surface area contributed by atoms with Crippen molar-refractivity contribution >= 4 is 63.8 Å². The number of hydrogen-bond acceptors (Lipinski definition) is 1. The standard InChI is InChI=1S/C39H26S/c1-39(2)34-13-7-5-11-28(34)29-17-15-24(21-35(29)39)31-20-25-19-23-16-18-37-38(30-12-6-8-14-36(30)40-37)33(23)22-32(25)27-10-4-3-9-26(27)31/h3-22H,1-2H3. The molecule has 1 heterocycles. The lowest BCUT2D eigenvalue weighted by Gasteiger charge is -2.22. The third kappa shape index (κ3) is 2.91. The minimum absolute atomic E-state index is 0.0144. The summed E-state index contributed by atoms with van der Waals surface area (Å²) in [5.74, 6) is 0. The van der Waals surface area contributed by atoms with Crippen LogP contribution in [0.2, 0.25) is 0 Å². The molecule has 0 atom stereocenters. The van der Waals surface area contributed by atoms with Crippen molar-refractivity contribution in [2.24, 2.45) is 0 Å². The summed E-state index contributed by atoms with van der Waals surface area (Å²) < 4.78 is 2.71. The van der Waals surface area contributed by atoms with E-state index >= 15 is 0 Å². The van der Waals surface area contributed by atoms with E-state index in [1.54, 1.807) is 0 Å². The van der Waals surface area contributed by atoms with Crippen LogP contribution in [0.1, 0.15) is 25.0 Å². The molecule has 0 N–H and O–H groups in total. The molecule has 0 nitrogen and oxygen atoms in total. The molecule has 1 heteroatoms. The Balaban J connectivity index is 1.33. The molecule has 7 aromatic carbocycles. The predicted octanol–water partition coefficient (Wildman–Crippen LogP) is 11.5. The summed E-state index contributed by atoms with van der Waals surface area (Å²) in [4.78, 5) is 0. The molecule has 0 radical (unpaired) electrons. The highest BCUT2D eigenvalue weighted by molar-refractivity contribution is 7.26. The van der Waals surface area contributed by atoms with Gasteiger partial charge in [0.2, 0.25) is 0 Å². The van der Waals surface area contributed by atoms with E-state index in [-0.39, 0.29) is 5.41 Å². The van der Waals surface area contributed by atoms with Crippen molar-refractivity contribution in [1.29, 1.82) is 0 Å². The second-order valence-corrected chi connectivity index (χ2v) is 12.8. The molecule has 0 spiro atoms. The van der Waals surface area contributed by atoms with Gasteiger partial charge >= 0.3 is 0 Å². The van der Waals surface area contributed by atoms with Crippen LogP contribution in [0.15, 0.2) is 121 Å². The monoisotopic (exact) mass is 526 g/mol. The summed E-state index contributed by atoms with van der Waals surface area (Å²) in [7, 11) is 0. The van der Waals surface area contributed by atoms with E-state index in [0.717, 1.165) is 0 Å². The summed E-state index contributed by atoms with van der Waals surface area (Å²) in [5.41, 5.74) is 8.16. The third-order valence-corrected chi connectivity index (χ3v) is 10.4. The van der Waals surface area contributed by atoms with Gasteiger partial charge in [-0.25, -0.2) is 0 Å². The van der Waals surface area contributed by atoms with Gasteiger partial charge in [-0.3, -0.25) is 0 Å². The van der Waals surface area contributed by atoms with E-state index in [1.165, 1.54) is 85.9 Å². The van der Waals surface area contributed by atoms with E-state index < -0.39 is 0 Å². The maximum atomic E-state index is 2.45. The molecule has 40 heavy (non-hydrogen) atoms. The molecule has 9 rings (SSSR count). The van der Waals surface area contributed by atoms with Gasteiger partial charge in [0.05, 0.1) is 0 Å². The molecule has 1 aromatic heterocycles. The lowest BCUT2D eigenvalue weighted by Crippen LogP contribution is -2.14. The van der Waals surface area contributed by atoms with E-state index in [0.29, 0.717) is 0 Å². The maximum Gasteiger partial charge on any atom is 0.0361 e. The van der Waals surface area contributed by atoms with E-state index in [4.69, 9.17) is 0 Å². The number of rotatable bonds is 1. The zero-order valence-corrected chi connectivity index (χ0v) is 23.3. The molecule has 0 unspecified atom stereocenters. The maximum absolute atomic E-state index is 2.45. The Hall–Kier alpha value is -4.46. The average Bonchev–Trinajstić information content (AvgIpc) is 3.48. The first kappa shape index (κ1) is 22.4. The first-order valence-corrected chi connectivity index (χ1v) is 14.8. The highest BCUT2D eigenvalue weighted by atomic mass is 32.1. The van der Waals surface area contributed by atoms with E-state index in [1.807, 2.05) is 11.3 Å². The summed E-state index contributed by atoms with van der Waals surface area (Å²) >= 11 is 1.89. The first-order chi connectivity index (χ1) is 19.6. The number of hydrogen-bond donors (Lipinski definition) is 0. The van der Waals surface area contributed by atoms with Crippen molar-refractivity contribution in [3.05, 3.63) is 132 Å². The van der Waals surface area contributed by atoms with Gasteiger partial charge in [-0.15, -0.1) is 11.3 Å². The van der Waals surface area contributed by atoms with Crippen LogP contribution in [0.25, 0.3) is 74.7 Å². The van der Waals surface area contributed by atoms with Gasteiger partial charge < -0.3 is 0 Å². The van der Waals surface area contributed by atoms with Crippen LogP contribution in [-0.4, -0.2) is 0 Å². The van der Waals surface area contributed by atoms with E-state index in [2.05, 4.69) is 135 Å². The van der Waals surface area contributed by atoms with Crippen LogP contribution in [0.3, 0.4) is 0 Å². The Morgan fingerprint density at radius 1 is 0.450 bits per heavy atom. The molecule has 188 valence electrons. The van der Waals surface area contributed by atoms with Crippen LogP contribution in [0, 0.1) is 0 Å². The molecule has 8 aromatic rings. The summed E-state index contributed by atoms with van der Waals surface area (Å²) in [6, 6.07) is 45.6. The third-order valence-electron chi connectivity index (χ3n) is 9.23. The SMILES string of the molecule is CC1(C)c2ccccc2-c2ccc(-c3cc4cc5ccc6sc7ccccc7c6c5cc4c4ccccc34)cc21. The van der Waals surface area contributed by atoms with Crippen LogP contribution < -0.4 is 0 Å². The molecule has 0 saturated carbocycles. The minimum atomic E-state index is -0.0144. The summed E-state index contributed by atoms with van der Waals surface area (Å²) in [5, 5.41) is 10.6. The van der Waals surface area contributed by atoms with Gasteiger partial charge in [0.25, 0.3) is 0 Å². The van der Waals surface area contributed by atoms with Gasteiger partial charge in [-0.1, -0.05) is 98.8 Å². The molecule has 0 amide bonds. The van der Waals surface area contributed by atoms with Gasteiger partial charge in [-0.05, 0) is 102 Å². The highest BCUT2D eigenvalue weighted by Crippen LogP contribution is 2.50. The lowest BCUT2D eigenvalue weighted by molar-refractivity contribution is 0.660. The van der Waals surface area contributed by atoms with Crippen molar-refractivity contribution in [2.45, 2.75) is 19.3 Å². The fraction of sp³-hybridized carbons (Fsp3) is 0.0769. The number of benzene rings is 7. The Kier molecular flexibility index (Phi) is 4.37. The first-order valence-electron chi connectivity index (χ1n) is 14.0. The molecule has 1 aliphatic rings. The molecule has 0 saturated heterocycles. The fourth-order valence-electron chi connectivity index (χ4n) is 7.26. The smallest absolute Gasteiger partial charge is 0.0361 e. The average molecular weight is 527 g/mol. The van der Waals surface area contributed by atoms with Crippen LogP contribution in [-0.2, 0) is 5.41 Å². The molecule has 0 fully saturated rings. The van der Waals surface area contributed by atoms with Crippen molar-refractivity contribution in [3.8, 4) is 22.3 Å². The Morgan fingerprint density at radius 3 is 2.10 bits per heavy atom. The lowest BCUT2D eigenvalue weighted by atomic mass is 9.81. The molecule has 1 aliphatic carbocycles. The van der Waals surface area contributed by atoms with Gasteiger partial charge in [-0.2, -0.15) is 0 Å². The van der Waals surface area contributed by atoms with Crippen LogP contribution in [0.5, 0.6) is 0 Å². The quantitative estimate of drug-likeness (QED) is 0.147. The van der Waals surface area contributed by atoms with Crippen molar-refractivity contribution in [3.63, 3.8) is 0 Å². The topological polar surface area (TPSA) is 0 Å². The Morgan fingerprint density at radius 2 is 1.20 bits per heavy atom. The molecule has 0 aliphatic heterocycles. The van der Waals surface area contributed by atoms with E-state index in [9.17, 15) is 0 Å². The van der Waals surface area contributed by atoms with Crippen molar-refractivity contribution in [2.75, 3.05) is 0 Å². The van der Waals surface area contributed by atoms with Crippen molar-refractivity contribution in [1.82, 2.24) is 0 Å². The zero-order valence-electron chi connectivity index (χ0n) is 22.5. The van der Waals surface area contributed by atoms with Gasteiger partial charge in [0, 0.05) is 25.6 Å². The second kappa shape index (κ2) is 7.81. The van der Waals surface area contributed by atoms with Crippen LogP contribution in [0.4, 0.5) is 0 Å². The normalized spacial score (nSPS) is 13.9. The van der Waals surface area contributed by atoms with Crippen molar-refractivity contribution < 1.29 is 0 Å². The molecular weight excluding hydrogens is 500 g/mol. The number of fused-ring (bicyclic) bond motifs is 11. The Labute approximate surface area is 237 Å². The largest absolute Gasteiger partial charge is 0.135 e. The predicted molar refractivity (Wildman–Crippen MR) is 175 cm³/mol. The number of thiophene rings is 1. The summed E-state index contributed by atoms with van der Waals surface area (Å²) in [6.45, 7) is 4.72. The zero-order chi connectivity index (χ0) is 26.6. The Bertz CT molecular complexity index is 2350. The van der Waals surface area contributed by atoms with Crippen LogP contribution >= 0.6 is 11.3 Å². The molecule has 0 bridgehead atoms. The van der Waals surface area contributed by atoms with Gasteiger partial charge in [0.1, 0.15) is 0 Å². The highest BCUT2D eigenvalue weighted by Gasteiger charge is 2.35. The van der Waals surface area contributed by atoms with Gasteiger partial charge in [0.15, 0.2) is 0 Å². The molecular formula is C39H26S. The summed E-state index contributed by atoms with van der Waals surface area (Å²) in [6.07, 6.45) is 0. The second-order valence-electron chi connectivity index (χ2n) is 11.7. The fourth-order valence-corrected chi connectivity index (χ4v) is 8.38. The minimum Gasteiger partial charge on any atom is -0.135 e.